The van der Waals surface area contributed by atoms with Gasteiger partial charge in [-0.15, -0.1) is 11.3 Å². The number of ether oxygens (including phenoxy) is 1. The first kappa shape index (κ1) is 13.5. The Morgan fingerprint density at radius 2 is 2.35 bits per heavy atom. The van der Waals surface area contributed by atoms with Crippen molar-refractivity contribution in [2.45, 2.75) is 26.0 Å². The van der Waals surface area contributed by atoms with Gasteiger partial charge in [-0.1, -0.05) is 0 Å². The Labute approximate surface area is 121 Å². The molecule has 0 unspecified atom stereocenters. The Balaban J connectivity index is 1.75. The van der Waals surface area contributed by atoms with E-state index in [1.54, 1.807) is 10.3 Å². The number of carbonyl (C=O) groups is 2. The molecule has 0 spiro atoms. The van der Waals surface area contributed by atoms with Gasteiger partial charge in [0.1, 0.15) is 12.3 Å². The van der Waals surface area contributed by atoms with Crippen molar-refractivity contribution in [3.63, 3.8) is 0 Å². The topological polar surface area (TPSA) is 62.7 Å². The summed E-state index contributed by atoms with van der Waals surface area (Å²) in [4.78, 5) is 32.0. The summed E-state index contributed by atoms with van der Waals surface area (Å²) in [7, 11) is 0. The van der Waals surface area contributed by atoms with Gasteiger partial charge < -0.3 is 14.5 Å². The fourth-order valence-electron chi connectivity index (χ4n) is 2.87. The number of amides is 2. The van der Waals surface area contributed by atoms with Gasteiger partial charge in [0.05, 0.1) is 17.2 Å². The van der Waals surface area contributed by atoms with Crippen LogP contribution in [0.15, 0.2) is 5.38 Å². The summed E-state index contributed by atoms with van der Waals surface area (Å²) in [5, 5.41) is 2.66. The maximum Gasteiger partial charge on any atom is 0.273 e. The van der Waals surface area contributed by atoms with Crippen LogP contribution in [0.3, 0.4) is 0 Å². The lowest BCUT2D eigenvalue weighted by Gasteiger charge is -2.35. The molecule has 1 aromatic heterocycles. The molecule has 3 heterocycles. The van der Waals surface area contributed by atoms with Crippen LogP contribution in [0, 0.1) is 6.92 Å². The van der Waals surface area contributed by atoms with Crippen LogP contribution in [0.2, 0.25) is 0 Å². The quantitative estimate of drug-likeness (QED) is 0.798. The third kappa shape index (κ3) is 2.20. The van der Waals surface area contributed by atoms with Crippen LogP contribution in [-0.4, -0.2) is 65.0 Å². The summed E-state index contributed by atoms with van der Waals surface area (Å²) in [6, 6.07) is -0.0232. The van der Waals surface area contributed by atoms with Gasteiger partial charge >= 0.3 is 0 Å². The van der Waals surface area contributed by atoms with E-state index in [-0.39, 0.29) is 30.6 Å². The molecule has 20 heavy (non-hydrogen) atoms. The van der Waals surface area contributed by atoms with Crippen molar-refractivity contribution in [2.24, 2.45) is 0 Å². The summed E-state index contributed by atoms with van der Waals surface area (Å²) in [6.07, 6.45) is -0.0728. The Morgan fingerprint density at radius 1 is 1.55 bits per heavy atom. The van der Waals surface area contributed by atoms with Crippen molar-refractivity contribution in [3.8, 4) is 0 Å². The highest BCUT2D eigenvalue weighted by molar-refractivity contribution is 7.09. The molecular weight excluding hydrogens is 278 g/mol. The number of carbonyl (C=O) groups excluding carboxylic acids is 2. The maximum atomic E-state index is 12.4. The number of aryl methyl sites for hydroxylation is 1. The van der Waals surface area contributed by atoms with Crippen LogP contribution in [0.1, 0.15) is 22.4 Å². The third-order valence-electron chi connectivity index (χ3n) is 3.84. The number of nitrogens with zero attached hydrogens (tertiary/aromatic N) is 3. The second kappa shape index (κ2) is 5.14. The first-order valence-corrected chi connectivity index (χ1v) is 7.60. The highest BCUT2D eigenvalue weighted by atomic mass is 32.1. The van der Waals surface area contributed by atoms with Crippen molar-refractivity contribution in [3.05, 3.63) is 16.1 Å². The first-order valence-electron chi connectivity index (χ1n) is 6.72. The van der Waals surface area contributed by atoms with E-state index >= 15 is 0 Å². The number of hydrogen-bond acceptors (Lipinski definition) is 5. The van der Waals surface area contributed by atoms with Gasteiger partial charge in [0.15, 0.2) is 0 Å². The van der Waals surface area contributed by atoms with E-state index < -0.39 is 0 Å². The zero-order chi connectivity index (χ0) is 14.3. The molecule has 7 heteroatoms. The highest BCUT2D eigenvalue weighted by Crippen LogP contribution is 2.25. The zero-order valence-electron chi connectivity index (χ0n) is 11.5. The number of thiazole rings is 1. The van der Waals surface area contributed by atoms with E-state index in [0.29, 0.717) is 25.3 Å². The number of morpholine rings is 1. The lowest BCUT2D eigenvalue weighted by Crippen LogP contribution is -2.53. The molecule has 2 fully saturated rings. The van der Waals surface area contributed by atoms with Crippen LogP contribution in [0.5, 0.6) is 0 Å². The molecule has 2 amide bonds. The van der Waals surface area contributed by atoms with E-state index in [0.717, 1.165) is 5.01 Å². The van der Waals surface area contributed by atoms with Crippen LogP contribution < -0.4 is 0 Å². The van der Waals surface area contributed by atoms with E-state index in [9.17, 15) is 9.59 Å². The number of fused-ring (bicyclic) bond motifs is 1. The van der Waals surface area contributed by atoms with Gasteiger partial charge in [0.2, 0.25) is 5.91 Å². The van der Waals surface area contributed by atoms with Gasteiger partial charge in [0.25, 0.3) is 5.91 Å². The molecule has 0 saturated carbocycles. The van der Waals surface area contributed by atoms with E-state index in [1.807, 2.05) is 18.7 Å². The fraction of sp³-hybridized carbons (Fsp3) is 0.615. The molecule has 2 aliphatic heterocycles. The third-order valence-corrected chi connectivity index (χ3v) is 4.62. The summed E-state index contributed by atoms with van der Waals surface area (Å²) in [5.41, 5.74) is 0.487. The number of rotatable bonds is 2. The number of hydrogen-bond donors (Lipinski definition) is 0. The minimum absolute atomic E-state index is 0.00699. The lowest BCUT2D eigenvalue weighted by molar-refractivity contribution is -0.152. The van der Waals surface area contributed by atoms with Crippen LogP contribution in [0.4, 0.5) is 0 Å². The number of aromatic nitrogens is 1. The molecule has 0 aliphatic carbocycles. The molecular formula is C13H17N3O3S. The van der Waals surface area contributed by atoms with E-state index in [2.05, 4.69) is 4.98 Å². The van der Waals surface area contributed by atoms with E-state index in [1.165, 1.54) is 11.3 Å². The smallest absolute Gasteiger partial charge is 0.273 e. The fourth-order valence-corrected chi connectivity index (χ4v) is 3.45. The monoisotopic (exact) mass is 295 g/mol. The van der Waals surface area contributed by atoms with Crippen molar-refractivity contribution in [2.75, 3.05) is 26.2 Å². The van der Waals surface area contributed by atoms with Crippen molar-refractivity contribution < 1.29 is 14.3 Å². The van der Waals surface area contributed by atoms with Crippen molar-refractivity contribution >= 4 is 23.2 Å². The standard InChI is InChI=1S/C13H17N3O3S/c1-3-16-10-4-15(5-11(10)19-6-12(16)17)13(18)9-7-20-8(2)14-9/h7,10-11H,3-6H2,1-2H3/t10-,11-/m1/s1. The zero-order valence-corrected chi connectivity index (χ0v) is 12.4. The normalized spacial score (nSPS) is 26.0. The van der Waals surface area contributed by atoms with Gasteiger partial charge in [-0.2, -0.15) is 0 Å². The molecule has 0 N–H and O–H groups in total. The Morgan fingerprint density at radius 3 is 3.00 bits per heavy atom. The molecule has 0 aromatic carbocycles. The molecule has 1 aromatic rings. The average molecular weight is 295 g/mol. The molecule has 2 aliphatic rings. The summed E-state index contributed by atoms with van der Waals surface area (Å²) < 4.78 is 5.56. The van der Waals surface area contributed by atoms with Gasteiger partial charge in [-0.3, -0.25) is 9.59 Å². The Bertz CT molecular complexity index is 545. The van der Waals surface area contributed by atoms with E-state index in [4.69, 9.17) is 4.74 Å². The molecule has 0 radical (unpaired) electrons. The molecule has 2 saturated heterocycles. The largest absolute Gasteiger partial charge is 0.364 e. The number of likely N-dealkylation sites (tertiary alicyclic amines) is 1. The SMILES string of the molecule is CCN1C(=O)CO[C@@H]2CN(C(=O)c3csc(C)n3)C[C@H]21. The average Bonchev–Trinajstić information content (AvgIpc) is 3.04. The van der Waals surface area contributed by atoms with Gasteiger partial charge in [0, 0.05) is 25.0 Å². The minimum atomic E-state index is -0.0733. The Hall–Kier alpha value is -1.47. The maximum absolute atomic E-state index is 12.4. The molecule has 2 atom stereocenters. The van der Waals surface area contributed by atoms with Crippen molar-refractivity contribution in [1.29, 1.82) is 0 Å². The second-order valence-corrected chi connectivity index (χ2v) is 6.12. The molecule has 0 bridgehead atoms. The summed E-state index contributed by atoms with van der Waals surface area (Å²) in [5.74, 6) is -0.0663. The van der Waals surface area contributed by atoms with Gasteiger partial charge in [-0.25, -0.2) is 4.98 Å². The molecule has 108 valence electrons. The molecule has 3 rings (SSSR count). The van der Waals surface area contributed by atoms with Crippen LogP contribution in [-0.2, 0) is 9.53 Å². The van der Waals surface area contributed by atoms with Crippen molar-refractivity contribution in [1.82, 2.24) is 14.8 Å². The summed E-state index contributed by atoms with van der Waals surface area (Å²) in [6.45, 7) is 5.66. The van der Waals surface area contributed by atoms with Crippen LogP contribution >= 0.6 is 11.3 Å². The molecule has 6 nitrogen and oxygen atoms in total. The van der Waals surface area contributed by atoms with Crippen LogP contribution in [0.25, 0.3) is 0 Å². The predicted molar refractivity (Wildman–Crippen MR) is 73.7 cm³/mol. The summed E-state index contributed by atoms with van der Waals surface area (Å²) >= 11 is 1.47. The predicted octanol–water partition coefficient (Wildman–Crippen LogP) is 0.523. The number of likely N-dealkylation sites (N-methyl/N-ethyl adjacent to an activating group) is 1. The first-order chi connectivity index (χ1) is 9.60. The highest BCUT2D eigenvalue weighted by Gasteiger charge is 2.44. The Kier molecular flexibility index (Phi) is 3.47. The van der Waals surface area contributed by atoms with Gasteiger partial charge in [-0.05, 0) is 13.8 Å². The second-order valence-electron chi connectivity index (χ2n) is 5.06. The lowest BCUT2D eigenvalue weighted by atomic mass is 10.1. The minimum Gasteiger partial charge on any atom is -0.364 e.